The Hall–Kier alpha value is -0.570. The van der Waals surface area contributed by atoms with Gasteiger partial charge < -0.3 is 10.2 Å². The molecule has 1 amide bonds. The third-order valence-electron chi connectivity index (χ3n) is 4.64. The highest BCUT2D eigenvalue weighted by Gasteiger charge is 2.48. The molecule has 0 radical (unpaired) electrons. The van der Waals surface area contributed by atoms with E-state index in [1.807, 2.05) is 4.90 Å². The van der Waals surface area contributed by atoms with Crippen molar-refractivity contribution in [3.63, 3.8) is 0 Å². The molecule has 1 aliphatic carbocycles. The second kappa shape index (κ2) is 4.02. The van der Waals surface area contributed by atoms with Crippen molar-refractivity contribution in [3.05, 3.63) is 0 Å². The monoisotopic (exact) mass is 223 g/mol. The summed E-state index contributed by atoms with van der Waals surface area (Å²) in [4.78, 5) is 13.1. The van der Waals surface area contributed by atoms with E-state index in [1.165, 1.54) is 44.9 Å². The van der Waals surface area contributed by atoms with Gasteiger partial charge in [0.2, 0.25) is 5.91 Å². The van der Waals surface area contributed by atoms with Crippen molar-refractivity contribution in [2.45, 2.75) is 76.0 Å². The summed E-state index contributed by atoms with van der Waals surface area (Å²) >= 11 is 0. The van der Waals surface area contributed by atoms with Gasteiger partial charge in [-0.05, 0) is 19.3 Å². The maximum atomic E-state index is 11.1. The molecule has 16 heavy (non-hydrogen) atoms. The Morgan fingerprint density at radius 1 is 1.06 bits per heavy atom. The minimum atomic E-state index is 0.151. The number of quaternary nitrogens is 1. The molecule has 4 atom stereocenters. The van der Waals surface area contributed by atoms with Gasteiger partial charge in [-0.1, -0.05) is 0 Å². The highest BCUT2D eigenvalue weighted by molar-refractivity contribution is 5.73. The van der Waals surface area contributed by atoms with Crippen molar-refractivity contribution >= 4 is 5.91 Å². The summed E-state index contributed by atoms with van der Waals surface area (Å²) in [6, 6.07) is 3.14. The first-order valence-corrected chi connectivity index (χ1v) is 6.87. The average molecular weight is 223 g/mol. The fourth-order valence-electron chi connectivity index (χ4n) is 4.06. The molecule has 3 heteroatoms. The van der Waals surface area contributed by atoms with E-state index >= 15 is 0 Å². The molecule has 3 fully saturated rings. The lowest BCUT2D eigenvalue weighted by molar-refractivity contribution is -0.971. The van der Waals surface area contributed by atoms with E-state index in [4.69, 9.17) is 0 Å². The quantitative estimate of drug-likeness (QED) is 0.691. The third-order valence-corrected chi connectivity index (χ3v) is 4.64. The number of carbonyl (C=O) groups is 1. The zero-order valence-electron chi connectivity index (χ0n) is 10.2. The number of hydrogen-bond donors (Lipinski definition) is 2. The van der Waals surface area contributed by atoms with Crippen LogP contribution in [-0.2, 0) is 4.79 Å². The van der Waals surface area contributed by atoms with Crippen molar-refractivity contribution < 1.29 is 9.69 Å². The van der Waals surface area contributed by atoms with Crippen LogP contribution in [0.4, 0.5) is 0 Å². The van der Waals surface area contributed by atoms with E-state index in [0.717, 1.165) is 18.1 Å². The predicted octanol–water partition coefficient (Wildman–Crippen LogP) is 0.253. The summed E-state index contributed by atoms with van der Waals surface area (Å²) in [6.45, 7) is 1.65. The molecule has 3 rings (SSSR count). The molecule has 2 unspecified atom stereocenters. The molecule has 0 spiro atoms. The summed E-state index contributed by atoms with van der Waals surface area (Å²) in [5.74, 6) is 0.151. The first kappa shape index (κ1) is 10.6. The van der Waals surface area contributed by atoms with E-state index in [1.54, 1.807) is 6.92 Å². The Bertz CT molecular complexity index is 274. The van der Waals surface area contributed by atoms with Crippen molar-refractivity contribution in [2.75, 3.05) is 0 Å². The van der Waals surface area contributed by atoms with Crippen molar-refractivity contribution in [1.29, 1.82) is 0 Å². The molecular weight excluding hydrogens is 200 g/mol. The van der Waals surface area contributed by atoms with Crippen molar-refractivity contribution in [3.8, 4) is 0 Å². The normalized spacial score (nSPS) is 42.8. The zero-order valence-corrected chi connectivity index (χ0v) is 10.2. The molecule has 0 aromatic heterocycles. The number of fused-ring (bicyclic) bond motifs is 2. The molecule has 2 N–H and O–H groups in total. The lowest BCUT2D eigenvalue weighted by Gasteiger charge is -2.46. The molecule has 2 saturated heterocycles. The Labute approximate surface area is 97.6 Å². The standard InChI is InChI=1S/C13H22N2O/c1-9(16)14-10-7-12-3-2-4-13(8-10)15(12)11-5-6-11/h10-13H,2-8H2,1H3,(H,14,16)/p+1/t10?,12-,13+. The zero-order chi connectivity index (χ0) is 11.1. The van der Waals surface area contributed by atoms with E-state index in [0.29, 0.717) is 6.04 Å². The van der Waals surface area contributed by atoms with E-state index < -0.39 is 0 Å². The van der Waals surface area contributed by atoms with Gasteiger partial charge in [0, 0.05) is 38.6 Å². The fraction of sp³-hybridized carbons (Fsp3) is 0.923. The van der Waals surface area contributed by atoms with Crippen LogP contribution in [0.15, 0.2) is 0 Å². The van der Waals surface area contributed by atoms with Crippen LogP contribution in [0.3, 0.4) is 0 Å². The summed E-state index contributed by atoms with van der Waals surface area (Å²) in [5, 5.41) is 3.14. The van der Waals surface area contributed by atoms with E-state index in [-0.39, 0.29) is 5.91 Å². The van der Waals surface area contributed by atoms with Gasteiger partial charge >= 0.3 is 0 Å². The van der Waals surface area contributed by atoms with Gasteiger partial charge in [0.05, 0.1) is 18.1 Å². The van der Waals surface area contributed by atoms with Crippen LogP contribution >= 0.6 is 0 Å². The Morgan fingerprint density at radius 3 is 2.19 bits per heavy atom. The molecule has 3 aliphatic rings. The molecular formula is C13H23N2O+. The minimum Gasteiger partial charge on any atom is -0.353 e. The maximum Gasteiger partial charge on any atom is 0.217 e. The largest absolute Gasteiger partial charge is 0.353 e. The van der Waals surface area contributed by atoms with Gasteiger partial charge in [0.15, 0.2) is 0 Å². The molecule has 90 valence electrons. The lowest BCUT2D eigenvalue weighted by Crippen LogP contribution is -3.22. The first-order chi connectivity index (χ1) is 7.74. The highest BCUT2D eigenvalue weighted by Crippen LogP contribution is 2.27. The Morgan fingerprint density at radius 2 is 1.69 bits per heavy atom. The average Bonchev–Trinajstić information content (AvgIpc) is 2.98. The lowest BCUT2D eigenvalue weighted by atomic mass is 9.81. The molecule has 2 aliphatic heterocycles. The SMILES string of the molecule is CC(=O)NC1C[C@H]2CCC[C@@H](C1)[NH+]2C1CC1. The summed E-state index contributed by atoms with van der Waals surface area (Å²) in [6.07, 6.45) is 9.54. The van der Waals surface area contributed by atoms with Crippen LogP contribution < -0.4 is 10.2 Å². The van der Waals surface area contributed by atoms with Crippen LogP contribution in [0.1, 0.15) is 51.9 Å². The van der Waals surface area contributed by atoms with Crippen LogP contribution in [0.2, 0.25) is 0 Å². The van der Waals surface area contributed by atoms with Crippen molar-refractivity contribution in [2.24, 2.45) is 0 Å². The first-order valence-electron chi connectivity index (χ1n) is 6.87. The summed E-state index contributed by atoms with van der Waals surface area (Å²) in [5.41, 5.74) is 0. The Balaban J connectivity index is 1.68. The predicted molar refractivity (Wildman–Crippen MR) is 62.3 cm³/mol. The van der Waals surface area contributed by atoms with Gasteiger partial charge in [-0.25, -0.2) is 0 Å². The Kier molecular flexibility index (Phi) is 2.66. The molecule has 0 aromatic rings. The number of nitrogens with one attached hydrogen (secondary N) is 2. The second-order valence-corrected chi connectivity index (χ2v) is 5.97. The minimum absolute atomic E-state index is 0.151. The second-order valence-electron chi connectivity index (χ2n) is 5.97. The van der Waals surface area contributed by atoms with Crippen molar-refractivity contribution in [1.82, 2.24) is 5.32 Å². The number of piperidine rings is 2. The van der Waals surface area contributed by atoms with Crippen LogP contribution in [0.25, 0.3) is 0 Å². The summed E-state index contributed by atoms with van der Waals surface area (Å²) < 4.78 is 0. The van der Waals surface area contributed by atoms with Crippen LogP contribution in [0, 0.1) is 0 Å². The smallest absolute Gasteiger partial charge is 0.217 e. The van der Waals surface area contributed by atoms with E-state index in [9.17, 15) is 4.79 Å². The van der Waals surface area contributed by atoms with Gasteiger partial charge in [-0.3, -0.25) is 4.79 Å². The molecule has 1 saturated carbocycles. The summed E-state index contributed by atoms with van der Waals surface area (Å²) in [7, 11) is 0. The highest BCUT2D eigenvalue weighted by atomic mass is 16.1. The number of carbonyl (C=O) groups excluding carboxylic acids is 1. The van der Waals surface area contributed by atoms with Gasteiger partial charge in [0.1, 0.15) is 0 Å². The van der Waals surface area contributed by atoms with Gasteiger partial charge in [-0.15, -0.1) is 0 Å². The number of amides is 1. The fourth-order valence-corrected chi connectivity index (χ4v) is 4.06. The molecule has 2 heterocycles. The van der Waals surface area contributed by atoms with Gasteiger partial charge in [0.25, 0.3) is 0 Å². The topological polar surface area (TPSA) is 33.5 Å². The third kappa shape index (κ3) is 1.97. The van der Waals surface area contributed by atoms with Crippen LogP contribution in [-0.4, -0.2) is 30.1 Å². The van der Waals surface area contributed by atoms with Gasteiger partial charge in [-0.2, -0.15) is 0 Å². The number of hydrogen-bond acceptors (Lipinski definition) is 1. The van der Waals surface area contributed by atoms with E-state index in [2.05, 4.69) is 5.32 Å². The van der Waals surface area contributed by atoms with Crippen LogP contribution in [0.5, 0.6) is 0 Å². The maximum absolute atomic E-state index is 11.1. The number of rotatable bonds is 2. The molecule has 3 nitrogen and oxygen atoms in total. The molecule has 0 aromatic carbocycles. The molecule has 2 bridgehead atoms.